The van der Waals surface area contributed by atoms with Gasteiger partial charge in [0.1, 0.15) is 6.04 Å². The number of rotatable bonds is 6. The van der Waals surface area contributed by atoms with Gasteiger partial charge in [-0.25, -0.2) is 4.39 Å². The summed E-state index contributed by atoms with van der Waals surface area (Å²) in [6, 6.07) is 4.27. The van der Waals surface area contributed by atoms with Gasteiger partial charge in [-0.15, -0.1) is 0 Å². The number of nitriles is 1. The molecule has 1 aromatic rings. The highest BCUT2D eigenvalue weighted by Crippen LogP contribution is 2.36. The summed E-state index contributed by atoms with van der Waals surface area (Å²) >= 11 is 0. The highest BCUT2D eigenvalue weighted by Gasteiger charge is 2.44. The van der Waals surface area contributed by atoms with E-state index in [1.165, 1.54) is 21.8 Å². The lowest BCUT2D eigenvalue weighted by atomic mass is 9.97. The molecule has 5 rings (SSSR count). The van der Waals surface area contributed by atoms with Crippen molar-refractivity contribution in [2.45, 2.75) is 50.6 Å². The van der Waals surface area contributed by atoms with Gasteiger partial charge in [0.15, 0.2) is 11.6 Å². The number of methoxy groups -OCH3 is 1. The molecule has 1 N–H and O–H groups in total. The minimum Gasteiger partial charge on any atom is -0.494 e. The molecule has 3 fully saturated rings. The van der Waals surface area contributed by atoms with Crippen LogP contribution in [0.5, 0.6) is 5.75 Å². The summed E-state index contributed by atoms with van der Waals surface area (Å²) in [5, 5.41) is 12.0. The lowest BCUT2D eigenvalue weighted by molar-refractivity contribution is -0.142. The van der Waals surface area contributed by atoms with Crippen LogP contribution in [0.1, 0.15) is 49.3 Å². The van der Waals surface area contributed by atoms with Gasteiger partial charge in [0.2, 0.25) is 11.8 Å². The maximum Gasteiger partial charge on any atom is 0.282 e. The molecule has 1 aliphatic carbocycles. The molecular weight excluding hydrogens is 501 g/mol. The Kier molecular flexibility index (Phi) is 7.13. The van der Waals surface area contributed by atoms with Gasteiger partial charge in [-0.05, 0) is 61.8 Å². The van der Waals surface area contributed by atoms with Crippen LogP contribution >= 0.6 is 0 Å². The first-order chi connectivity index (χ1) is 17.7. The number of benzene rings is 1. The third-order valence-corrected chi connectivity index (χ3v) is 10.00. The van der Waals surface area contributed by atoms with Gasteiger partial charge in [-0.1, -0.05) is 0 Å². The number of carbonyl (C=O) groups excluding carboxylic acids is 2. The predicted octanol–water partition coefficient (Wildman–Crippen LogP) is 1.34. The Labute approximate surface area is 216 Å². The Morgan fingerprint density at radius 1 is 1.11 bits per heavy atom. The molecule has 0 radical (unpaired) electrons. The zero-order valence-electron chi connectivity index (χ0n) is 20.9. The molecule has 0 bridgehead atoms. The van der Waals surface area contributed by atoms with E-state index in [9.17, 15) is 22.4 Å². The van der Waals surface area contributed by atoms with Gasteiger partial charge in [0, 0.05) is 32.7 Å². The first-order valence-corrected chi connectivity index (χ1v) is 14.2. The second-order valence-electron chi connectivity index (χ2n) is 10.3. The number of nitrogens with one attached hydrogen (secondary N) is 1. The number of carbonyl (C=O) groups is 2. The van der Waals surface area contributed by atoms with Gasteiger partial charge in [-0.3, -0.25) is 9.59 Å². The Balaban J connectivity index is 1.23. The van der Waals surface area contributed by atoms with Crippen molar-refractivity contribution in [3.63, 3.8) is 0 Å². The molecule has 10 nitrogen and oxygen atoms in total. The molecule has 2 amide bonds. The average molecular weight is 534 g/mol. The van der Waals surface area contributed by atoms with E-state index in [1.54, 1.807) is 11.0 Å². The molecule has 3 heterocycles. The molecule has 3 aliphatic heterocycles. The number of fused-ring (bicyclic) bond motifs is 1. The third kappa shape index (κ3) is 4.80. The molecule has 37 heavy (non-hydrogen) atoms. The number of nitrogens with zero attached hydrogens (tertiary/aromatic N) is 4. The molecule has 200 valence electrons. The van der Waals surface area contributed by atoms with Crippen LogP contribution in [0.15, 0.2) is 12.1 Å². The van der Waals surface area contributed by atoms with Gasteiger partial charge in [0.05, 0.1) is 31.1 Å². The summed E-state index contributed by atoms with van der Waals surface area (Å²) < 4.78 is 47.8. The smallest absolute Gasteiger partial charge is 0.282 e. The van der Waals surface area contributed by atoms with Crippen LogP contribution in [0.3, 0.4) is 0 Å². The maximum absolute atomic E-state index is 14.1. The van der Waals surface area contributed by atoms with E-state index in [0.29, 0.717) is 51.6 Å². The van der Waals surface area contributed by atoms with Crippen LogP contribution in [-0.4, -0.2) is 79.6 Å². The van der Waals surface area contributed by atoms with E-state index >= 15 is 0 Å². The van der Waals surface area contributed by atoms with Crippen LogP contribution in [0.2, 0.25) is 0 Å². The number of hydrogen-bond donors (Lipinski definition) is 1. The summed E-state index contributed by atoms with van der Waals surface area (Å²) in [7, 11) is -2.31. The predicted molar refractivity (Wildman–Crippen MR) is 131 cm³/mol. The van der Waals surface area contributed by atoms with Crippen molar-refractivity contribution >= 4 is 22.0 Å². The minimum absolute atomic E-state index is 0.0844. The van der Waals surface area contributed by atoms with Crippen LogP contribution in [-0.2, 0) is 26.2 Å². The minimum atomic E-state index is -3.71. The highest BCUT2D eigenvalue weighted by atomic mass is 32.2. The average Bonchev–Trinajstić information content (AvgIpc) is 3.49. The fourth-order valence-corrected chi connectivity index (χ4v) is 7.73. The summed E-state index contributed by atoms with van der Waals surface area (Å²) in [6.45, 7) is 1.25. The zero-order chi connectivity index (χ0) is 26.3. The summed E-state index contributed by atoms with van der Waals surface area (Å²) in [6.07, 6.45) is 3.66. The standard InChI is InChI=1S/C25H32FN5O5S/c1-36-23-11-19-17(10-20(23)26)6-7-21(19)28-24(32)22-5-3-9-31(22)25(33)18-4-2-8-29(15-18)37(34,35)30-13-16(12-27)14-30/h10-11,16,18,21-22H,2-9,13-15H2,1H3,(H,28,32)/t18-,21?,22+/m0/s1. The maximum atomic E-state index is 14.1. The first-order valence-electron chi connectivity index (χ1n) is 12.8. The van der Waals surface area contributed by atoms with Crippen molar-refractivity contribution in [1.82, 2.24) is 18.8 Å². The molecule has 12 heteroatoms. The van der Waals surface area contributed by atoms with E-state index in [4.69, 9.17) is 10.00 Å². The molecule has 1 unspecified atom stereocenters. The Bertz CT molecular complexity index is 1230. The quantitative estimate of drug-likeness (QED) is 0.589. The zero-order valence-corrected chi connectivity index (χ0v) is 21.7. The fraction of sp³-hybridized carbons (Fsp3) is 0.640. The number of ether oxygens (including phenoxy) is 1. The van der Waals surface area contributed by atoms with Gasteiger partial charge in [0.25, 0.3) is 10.2 Å². The van der Waals surface area contributed by atoms with Gasteiger partial charge < -0.3 is 15.0 Å². The molecule has 1 aromatic carbocycles. The van der Waals surface area contributed by atoms with Crippen molar-refractivity contribution in [2.75, 3.05) is 39.8 Å². The lowest BCUT2D eigenvalue weighted by Gasteiger charge is -2.41. The lowest BCUT2D eigenvalue weighted by Crippen LogP contribution is -2.57. The van der Waals surface area contributed by atoms with E-state index < -0.39 is 28.0 Å². The molecule has 4 aliphatic rings. The van der Waals surface area contributed by atoms with Gasteiger partial charge >= 0.3 is 0 Å². The second-order valence-corrected chi connectivity index (χ2v) is 12.3. The van der Waals surface area contributed by atoms with E-state index in [0.717, 1.165) is 11.1 Å². The Hall–Kier alpha value is -2.75. The van der Waals surface area contributed by atoms with Crippen molar-refractivity contribution in [3.8, 4) is 11.8 Å². The molecule has 3 atom stereocenters. The van der Waals surface area contributed by atoms with Crippen LogP contribution < -0.4 is 10.1 Å². The summed E-state index contributed by atoms with van der Waals surface area (Å²) in [5.41, 5.74) is 1.68. The molecule has 0 saturated carbocycles. The number of amides is 2. The van der Waals surface area contributed by atoms with E-state index in [1.807, 2.05) is 0 Å². The molecule has 0 spiro atoms. The fourth-order valence-electron chi connectivity index (χ4n) is 5.94. The topological polar surface area (TPSA) is 123 Å². The Morgan fingerprint density at radius 2 is 1.86 bits per heavy atom. The molecule has 3 saturated heterocycles. The highest BCUT2D eigenvalue weighted by molar-refractivity contribution is 7.86. The van der Waals surface area contributed by atoms with Gasteiger partial charge in [-0.2, -0.15) is 22.3 Å². The molecular formula is C25H32FN5O5S. The summed E-state index contributed by atoms with van der Waals surface area (Å²) in [5.74, 6) is -1.52. The normalized spacial score (nSPS) is 26.8. The first kappa shape index (κ1) is 25.9. The van der Waals surface area contributed by atoms with E-state index in [-0.39, 0.29) is 49.2 Å². The number of aryl methyl sites for hydroxylation is 1. The number of halogens is 1. The number of hydrogen-bond acceptors (Lipinski definition) is 6. The second kappa shape index (κ2) is 10.2. The number of piperidine rings is 1. The Morgan fingerprint density at radius 3 is 2.59 bits per heavy atom. The number of likely N-dealkylation sites (tertiary alicyclic amines) is 1. The third-order valence-electron chi connectivity index (χ3n) is 8.06. The van der Waals surface area contributed by atoms with E-state index in [2.05, 4.69) is 11.4 Å². The van der Waals surface area contributed by atoms with Crippen molar-refractivity contribution in [2.24, 2.45) is 11.8 Å². The SMILES string of the molecule is COc1cc2c(cc1F)CCC2NC(=O)[C@H]1CCCN1C(=O)[C@H]1CCCN(S(=O)(=O)N2CC(C#N)C2)C1. The van der Waals surface area contributed by atoms with Crippen LogP contribution in [0, 0.1) is 29.0 Å². The van der Waals surface area contributed by atoms with Crippen molar-refractivity contribution in [1.29, 1.82) is 5.26 Å². The largest absolute Gasteiger partial charge is 0.494 e. The summed E-state index contributed by atoms with van der Waals surface area (Å²) in [4.78, 5) is 28.4. The van der Waals surface area contributed by atoms with Crippen LogP contribution in [0.25, 0.3) is 0 Å². The van der Waals surface area contributed by atoms with Crippen molar-refractivity contribution < 1.29 is 27.1 Å². The van der Waals surface area contributed by atoms with Crippen LogP contribution in [0.4, 0.5) is 4.39 Å². The molecule has 0 aromatic heterocycles. The van der Waals surface area contributed by atoms with Crippen molar-refractivity contribution in [3.05, 3.63) is 29.1 Å². The monoisotopic (exact) mass is 533 g/mol.